The number of aryl methyl sites for hydroxylation is 2. The Kier molecular flexibility index (Phi) is 6.36. The number of rotatable bonds is 6. The molecule has 0 heterocycles. The van der Waals surface area contributed by atoms with E-state index in [-0.39, 0.29) is 0 Å². The molecule has 0 amide bonds. The largest absolute Gasteiger partial charge is 0.0842 e. The lowest BCUT2D eigenvalue weighted by Gasteiger charge is -2.29. The van der Waals surface area contributed by atoms with E-state index >= 15 is 0 Å². The Labute approximate surface area is 234 Å². The normalized spacial score (nSPS) is 17.1. The molecule has 3 aliphatic rings. The highest BCUT2D eigenvalue weighted by atomic mass is 14.3. The molecule has 0 N–H and O–H groups in total. The average molecular weight is 507 g/mol. The van der Waals surface area contributed by atoms with Gasteiger partial charge in [0.25, 0.3) is 0 Å². The summed E-state index contributed by atoms with van der Waals surface area (Å²) >= 11 is 0. The highest BCUT2D eigenvalue weighted by molar-refractivity contribution is 5.85. The maximum absolute atomic E-state index is 2.54. The number of allylic oxidation sites excluding steroid dienone is 4. The molecule has 2 saturated carbocycles. The van der Waals surface area contributed by atoms with Crippen molar-refractivity contribution in [3.05, 3.63) is 125 Å². The monoisotopic (exact) mass is 506 g/mol. The van der Waals surface area contributed by atoms with E-state index in [1.54, 1.807) is 5.56 Å². The summed E-state index contributed by atoms with van der Waals surface area (Å²) in [6, 6.07) is 30.4. The average Bonchev–Trinajstić information content (AvgIpc) is 3.79. The zero-order chi connectivity index (χ0) is 26.3. The number of hydrogen-bond donors (Lipinski definition) is 0. The Hall–Kier alpha value is -3.64. The summed E-state index contributed by atoms with van der Waals surface area (Å²) in [5, 5.41) is 0. The van der Waals surface area contributed by atoms with Crippen molar-refractivity contribution >= 4 is 5.57 Å². The molecule has 3 aliphatic carbocycles. The summed E-state index contributed by atoms with van der Waals surface area (Å²) in [4.78, 5) is 0. The van der Waals surface area contributed by atoms with Crippen LogP contribution in [0.15, 0.2) is 97.1 Å². The minimum absolute atomic E-state index is 0.686. The van der Waals surface area contributed by atoms with Crippen LogP contribution in [0.2, 0.25) is 0 Å². The van der Waals surface area contributed by atoms with Crippen LogP contribution in [0.1, 0.15) is 84.6 Å². The molecule has 0 unspecified atom stereocenters. The smallest absolute Gasteiger partial charge is 0.0140 e. The zero-order valence-corrected chi connectivity index (χ0v) is 23.3. The molecule has 0 spiro atoms. The molecule has 0 aromatic heterocycles. The topological polar surface area (TPSA) is 0 Å². The van der Waals surface area contributed by atoms with Gasteiger partial charge in [-0.05, 0) is 149 Å². The predicted molar refractivity (Wildman–Crippen MR) is 167 cm³/mol. The van der Waals surface area contributed by atoms with Gasteiger partial charge in [0.05, 0.1) is 0 Å². The molecule has 0 heteroatoms. The lowest BCUT2D eigenvalue weighted by atomic mass is 9.75. The molecule has 0 bridgehead atoms. The van der Waals surface area contributed by atoms with Gasteiger partial charge < -0.3 is 0 Å². The molecule has 39 heavy (non-hydrogen) atoms. The van der Waals surface area contributed by atoms with Crippen molar-refractivity contribution in [1.29, 1.82) is 0 Å². The van der Waals surface area contributed by atoms with E-state index in [4.69, 9.17) is 0 Å². The molecule has 0 atom stereocenters. The summed E-state index contributed by atoms with van der Waals surface area (Å²) in [6.45, 7) is 4.62. The van der Waals surface area contributed by atoms with Crippen molar-refractivity contribution in [3.8, 4) is 33.4 Å². The second-order valence-corrected chi connectivity index (χ2v) is 12.0. The molecule has 194 valence electrons. The van der Waals surface area contributed by atoms with Crippen molar-refractivity contribution in [3.63, 3.8) is 0 Å². The van der Waals surface area contributed by atoms with E-state index in [1.807, 2.05) is 0 Å². The molecule has 4 aromatic rings. The maximum atomic E-state index is 2.54. The van der Waals surface area contributed by atoms with Crippen molar-refractivity contribution in [2.24, 2.45) is 0 Å². The van der Waals surface area contributed by atoms with Crippen LogP contribution in [-0.4, -0.2) is 0 Å². The fraction of sp³-hybridized carbons (Fsp3) is 0.282. The van der Waals surface area contributed by atoms with Gasteiger partial charge in [-0.2, -0.15) is 0 Å². The third-order valence-electron chi connectivity index (χ3n) is 9.31. The Morgan fingerprint density at radius 1 is 0.564 bits per heavy atom. The van der Waals surface area contributed by atoms with E-state index in [1.165, 1.54) is 93.3 Å². The standard InChI is InChI=1S/C39H38/c1-26-22-27(2)37(39-24-33(29-12-7-4-8-13-29)19-21-35(39)31-16-17-31)25-36(26)38-23-32(28-10-5-3-6-11-28)18-20-34(38)30-14-9-15-30/h3-7,10-12,18-25,30-31H,8-9,13-17H2,1-2H3. The van der Waals surface area contributed by atoms with Gasteiger partial charge in [-0.25, -0.2) is 0 Å². The minimum atomic E-state index is 0.686. The highest BCUT2D eigenvalue weighted by Crippen LogP contribution is 2.48. The van der Waals surface area contributed by atoms with Gasteiger partial charge >= 0.3 is 0 Å². The van der Waals surface area contributed by atoms with Crippen molar-refractivity contribution in [1.82, 2.24) is 0 Å². The van der Waals surface area contributed by atoms with E-state index in [9.17, 15) is 0 Å². The molecular formula is C39H38. The molecule has 0 saturated heterocycles. The fourth-order valence-corrected chi connectivity index (χ4v) is 6.69. The number of benzene rings is 4. The Bertz CT molecular complexity index is 1590. The number of hydrogen-bond acceptors (Lipinski definition) is 0. The van der Waals surface area contributed by atoms with Gasteiger partial charge in [0.2, 0.25) is 0 Å². The molecule has 0 nitrogen and oxygen atoms in total. The molecule has 7 rings (SSSR count). The molecule has 2 fully saturated rings. The second-order valence-electron chi connectivity index (χ2n) is 12.0. The first-order valence-corrected chi connectivity index (χ1v) is 15.0. The van der Waals surface area contributed by atoms with Crippen LogP contribution >= 0.6 is 0 Å². The molecule has 4 aromatic carbocycles. The minimum Gasteiger partial charge on any atom is -0.0842 e. The SMILES string of the molecule is Cc1cc(C)c(-c2cc(C3=CC=CCC3)ccc2C2CC2)cc1-c1cc(-c2ccccc2)ccc1C1CCC1. The van der Waals surface area contributed by atoms with Gasteiger partial charge in [-0.3, -0.25) is 0 Å². The van der Waals surface area contributed by atoms with Crippen molar-refractivity contribution in [2.75, 3.05) is 0 Å². The lowest BCUT2D eigenvalue weighted by Crippen LogP contribution is -2.10. The first-order chi connectivity index (χ1) is 19.2. The Morgan fingerprint density at radius 3 is 1.79 bits per heavy atom. The van der Waals surface area contributed by atoms with Gasteiger partial charge in [0.1, 0.15) is 0 Å². The fourth-order valence-electron chi connectivity index (χ4n) is 6.69. The first-order valence-electron chi connectivity index (χ1n) is 15.0. The molecular weight excluding hydrogens is 468 g/mol. The van der Waals surface area contributed by atoms with Gasteiger partial charge in [-0.15, -0.1) is 0 Å². The van der Waals surface area contributed by atoms with E-state index in [0.29, 0.717) is 11.8 Å². The third kappa shape index (κ3) is 4.71. The van der Waals surface area contributed by atoms with Crippen LogP contribution < -0.4 is 0 Å². The Morgan fingerprint density at radius 2 is 1.21 bits per heavy atom. The van der Waals surface area contributed by atoms with Crippen molar-refractivity contribution in [2.45, 2.75) is 70.6 Å². The summed E-state index contributed by atoms with van der Waals surface area (Å²) in [7, 11) is 0. The molecule has 0 aliphatic heterocycles. The van der Waals surface area contributed by atoms with Crippen molar-refractivity contribution < 1.29 is 0 Å². The van der Waals surface area contributed by atoms with Crippen LogP contribution in [0.25, 0.3) is 39.0 Å². The maximum Gasteiger partial charge on any atom is -0.0140 e. The first kappa shape index (κ1) is 24.4. The zero-order valence-electron chi connectivity index (χ0n) is 23.3. The second kappa shape index (κ2) is 10.2. The van der Waals surface area contributed by atoms with Crippen LogP contribution in [0, 0.1) is 13.8 Å². The third-order valence-corrected chi connectivity index (χ3v) is 9.31. The lowest BCUT2D eigenvalue weighted by molar-refractivity contribution is 0.420. The summed E-state index contributed by atoms with van der Waals surface area (Å²) < 4.78 is 0. The van der Waals surface area contributed by atoms with Gasteiger partial charge in [-0.1, -0.05) is 85.3 Å². The van der Waals surface area contributed by atoms with E-state index in [2.05, 4.69) is 111 Å². The van der Waals surface area contributed by atoms with Crippen LogP contribution in [0.5, 0.6) is 0 Å². The van der Waals surface area contributed by atoms with E-state index < -0.39 is 0 Å². The summed E-state index contributed by atoms with van der Waals surface area (Å²) in [5.74, 6) is 1.40. The van der Waals surface area contributed by atoms with Gasteiger partial charge in [0, 0.05) is 0 Å². The van der Waals surface area contributed by atoms with E-state index in [0.717, 1.165) is 12.8 Å². The predicted octanol–water partition coefficient (Wildman–Crippen LogP) is 11.2. The van der Waals surface area contributed by atoms with Crippen LogP contribution in [-0.2, 0) is 0 Å². The Balaban J connectivity index is 1.40. The highest BCUT2D eigenvalue weighted by Gasteiger charge is 2.28. The van der Waals surface area contributed by atoms with Crippen LogP contribution in [0.3, 0.4) is 0 Å². The van der Waals surface area contributed by atoms with Crippen LogP contribution in [0.4, 0.5) is 0 Å². The van der Waals surface area contributed by atoms with Gasteiger partial charge in [0.15, 0.2) is 0 Å². The quantitative estimate of drug-likeness (QED) is 0.244. The molecule has 0 radical (unpaired) electrons. The summed E-state index contributed by atoms with van der Waals surface area (Å²) in [5.41, 5.74) is 17.0. The summed E-state index contributed by atoms with van der Waals surface area (Å²) in [6.07, 6.45) is 15.7.